The summed E-state index contributed by atoms with van der Waals surface area (Å²) in [6.07, 6.45) is 0.447. The quantitative estimate of drug-likeness (QED) is 0.683. The molecule has 0 atom stereocenters. The Morgan fingerprint density at radius 3 is 2.68 bits per heavy atom. The van der Waals surface area contributed by atoms with E-state index in [0.29, 0.717) is 12.2 Å². The van der Waals surface area contributed by atoms with Gasteiger partial charge in [-0.3, -0.25) is 4.79 Å². The number of hydrogen-bond donors (Lipinski definition) is 3. The van der Waals surface area contributed by atoms with E-state index in [1.807, 2.05) is 0 Å². The molecular weight excluding hydrogens is 272 g/mol. The zero-order valence-corrected chi connectivity index (χ0v) is 11.2. The molecule has 1 rings (SSSR count). The zero-order valence-electron chi connectivity index (χ0n) is 10.4. The second-order valence-electron chi connectivity index (χ2n) is 3.78. The Hall–Kier alpha value is -1.64. The minimum absolute atomic E-state index is 0.0955. The van der Waals surface area contributed by atoms with Crippen molar-refractivity contribution in [3.63, 3.8) is 0 Å². The minimum Gasteiger partial charge on any atom is -0.495 e. The molecule has 0 heterocycles. The van der Waals surface area contributed by atoms with E-state index in [1.165, 1.54) is 25.3 Å². The highest BCUT2D eigenvalue weighted by atomic mass is 32.2. The van der Waals surface area contributed by atoms with Crippen LogP contribution in [0.25, 0.3) is 0 Å². The number of nitrogens with one attached hydrogen (secondary N) is 1. The lowest BCUT2D eigenvalue weighted by Crippen LogP contribution is -2.15. The van der Waals surface area contributed by atoms with Crippen molar-refractivity contribution in [2.24, 2.45) is 5.14 Å². The van der Waals surface area contributed by atoms with Crippen molar-refractivity contribution in [3.05, 3.63) is 18.2 Å². The van der Waals surface area contributed by atoms with Gasteiger partial charge in [-0.2, -0.15) is 0 Å². The molecule has 1 amide bonds. The topological polar surface area (TPSA) is 119 Å². The van der Waals surface area contributed by atoms with Crippen LogP contribution < -0.4 is 15.2 Å². The van der Waals surface area contributed by atoms with Gasteiger partial charge in [0.15, 0.2) is 0 Å². The van der Waals surface area contributed by atoms with Gasteiger partial charge in [-0.05, 0) is 24.6 Å². The van der Waals surface area contributed by atoms with Crippen molar-refractivity contribution >= 4 is 21.6 Å². The van der Waals surface area contributed by atoms with Crippen molar-refractivity contribution in [1.82, 2.24) is 0 Å². The smallest absolute Gasteiger partial charge is 0.238 e. The fourth-order valence-electron chi connectivity index (χ4n) is 1.41. The first-order valence-corrected chi connectivity index (χ1v) is 7.04. The van der Waals surface area contributed by atoms with Crippen molar-refractivity contribution < 1.29 is 23.1 Å². The maximum Gasteiger partial charge on any atom is 0.238 e. The summed E-state index contributed by atoms with van der Waals surface area (Å²) in [4.78, 5) is 11.4. The summed E-state index contributed by atoms with van der Waals surface area (Å²) in [5.74, 6) is -0.0244. The Kier molecular flexibility index (Phi) is 5.28. The number of anilines is 1. The first-order chi connectivity index (χ1) is 8.88. The Morgan fingerprint density at radius 2 is 2.16 bits per heavy atom. The monoisotopic (exact) mass is 288 g/mol. The molecule has 19 heavy (non-hydrogen) atoms. The fraction of sp³-hybridized carbons (Fsp3) is 0.364. The minimum atomic E-state index is -3.85. The SMILES string of the molecule is COc1ccc(S(N)(=O)=O)cc1NC(=O)CCCO. The summed E-state index contributed by atoms with van der Waals surface area (Å²) >= 11 is 0. The van der Waals surface area contributed by atoms with E-state index in [9.17, 15) is 13.2 Å². The molecule has 0 bridgehead atoms. The van der Waals surface area contributed by atoms with E-state index in [0.717, 1.165) is 0 Å². The number of amides is 1. The lowest BCUT2D eigenvalue weighted by molar-refractivity contribution is -0.116. The number of hydrogen-bond acceptors (Lipinski definition) is 5. The maximum atomic E-state index is 11.5. The molecular formula is C11H16N2O5S. The number of sulfonamides is 1. The molecule has 1 aromatic carbocycles. The van der Waals surface area contributed by atoms with Crippen LogP contribution in [-0.4, -0.2) is 33.1 Å². The van der Waals surface area contributed by atoms with Crippen molar-refractivity contribution in [2.75, 3.05) is 19.0 Å². The van der Waals surface area contributed by atoms with Crippen molar-refractivity contribution in [2.45, 2.75) is 17.7 Å². The van der Waals surface area contributed by atoms with Gasteiger partial charge in [0.1, 0.15) is 5.75 Å². The molecule has 4 N–H and O–H groups in total. The molecule has 106 valence electrons. The number of carbonyl (C=O) groups is 1. The lowest BCUT2D eigenvalue weighted by atomic mass is 10.2. The van der Waals surface area contributed by atoms with Crippen LogP contribution in [0, 0.1) is 0 Å². The lowest BCUT2D eigenvalue weighted by Gasteiger charge is -2.11. The van der Waals surface area contributed by atoms with Gasteiger partial charge in [0, 0.05) is 13.0 Å². The Morgan fingerprint density at radius 1 is 1.47 bits per heavy atom. The van der Waals surface area contributed by atoms with Crippen LogP contribution >= 0.6 is 0 Å². The molecule has 0 aliphatic rings. The molecule has 0 aliphatic carbocycles. The standard InChI is InChI=1S/C11H16N2O5S/c1-18-10-5-4-8(19(12,16)17)7-9(10)13-11(15)3-2-6-14/h4-5,7,14H,2-3,6H2,1H3,(H,13,15)(H2,12,16,17). The highest BCUT2D eigenvalue weighted by Gasteiger charge is 2.13. The number of methoxy groups -OCH3 is 1. The van der Waals surface area contributed by atoms with Crippen LogP contribution in [0.3, 0.4) is 0 Å². The van der Waals surface area contributed by atoms with Crippen molar-refractivity contribution in [1.29, 1.82) is 0 Å². The molecule has 0 fully saturated rings. The van der Waals surface area contributed by atoms with E-state index in [1.54, 1.807) is 0 Å². The van der Waals surface area contributed by atoms with E-state index in [2.05, 4.69) is 5.32 Å². The average molecular weight is 288 g/mol. The van der Waals surface area contributed by atoms with Gasteiger partial charge in [0.2, 0.25) is 15.9 Å². The molecule has 0 unspecified atom stereocenters. The normalized spacial score (nSPS) is 11.1. The van der Waals surface area contributed by atoms with Crippen LogP contribution in [0.5, 0.6) is 5.75 Å². The van der Waals surface area contributed by atoms with Gasteiger partial charge in [0.05, 0.1) is 17.7 Å². The number of primary sulfonamides is 1. The second kappa shape index (κ2) is 6.50. The number of aliphatic hydroxyl groups is 1. The highest BCUT2D eigenvalue weighted by Crippen LogP contribution is 2.27. The summed E-state index contributed by atoms with van der Waals surface area (Å²) in [5.41, 5.74) is 0.219. The van der Waals surface area contributed by atoms with Crippen LogP contribution in [0.2, 0.25) is 0 Å². The van der Waals surface area contributed by atoms with Gasteiger partial charge in [0.25, 0.3) is 0 Å². The number of benzene rings is 1. The third kappa shape index (κ3) is 4.51. The van der Waals surface area contributed by atoms with E-state index < -0.39 is 10.0 Å². The van der Waals surface area contributed by atoms with E-state index in [-0.39, 0.29) is 29.5 Å². The summed E-state index contributed by atoms with van der Waals surface area (Å²) in [7, 11) is -2.45. The summed E-state index contributed by atoms with van der Waals surface area (Å²) in [6.45, 7) is -0.0955. The summed E-state index contributed by atoms with van der Waals surface area (Å²) < 4.78 is 27.5. The van der Waals surface area contributed by atoms with E-state index >= 15 is 0 Å². The molecule has 1 aromatic rings. The zero-order chi connectivity index (χ0) is 14.5. The van der Waals surface area contributed by atoms with Crippen molar-refractivity contribution in [3.8, 4) is 5.75 Å². The van der Waals surface area contributed by atoms with Gasteiger partial charge in [-0.15, -0.1) is 0 Å². The first kappa shape index (κ1) is 15.4. The fourth-order valence-corrected chi connectivity index (χ4v) is 1.95. The Bertz CT molecular complexity index is 556. The number of ether oxygens (including phenoxy) is 1. The van der Waals surface area contributed by atoms with Crippen LogP contribution in [-0.2, 0) is 14.8 Å². The van der Waals surface area contributed by atoms with Gasteiger partial charge >= 0.3 is 0 Å². The molecule has 0 aromatic heterocycles. The Balaban J connectivity index is 3.00. The molecule has 0 aliphatic heterocycles. The molecule has 0 saturated carbocycles. The molecule has 0 spiro atoms. The third-order valence-corrected chi connectivity index (χ3v) is 3.25. The summed E-state index contributed by atoms with van der Waals surface area (Å²) in [6, 6.07) is 3.92. The summed E-state index contributed by atoms with van der Waals surface area (Å²) in [5, 5.41) is 16.2. The Labute approximate surface area is 111 Å². The number of rotatable bonds is 6. The highest BCUT2D eigenvalue weighted by molar-refractivity contribution is 7.89. The van der Waals surface area contributed by atoms with Gasteiger partial charge < -0.3 is 15.2 Å². The predicted molar refractivity (Wildman–Crippen MR) is 69.3 cm³/mol. The predicted octanol–water partition coefficient (Wildman–Crippen LogP) is 0.0536. The van der Waals surface area contributed by atoms with Gasteiger partial charge in [-0.1, -0.05) is 0 Å². The van der Waals surface area contributed by atoms with Crippen LogP contribution in [0.1, 0.15) is 12.8 Å². The number of nitrogens with two attached hydrogens (primary N) is 1. The molecule has 0 radical (unpaired) electrons. The molecule has 8 heteroatoms. The largest absolute Gasteiger partial charge is 0.495 e. The van der Waals surface area contributed by atoms with Gasteiger partial charge in [-0.25, -0.2) is 13.6 Å². The molecule has 7 nitrogen and oxygen atoms in total. The average Bonchev–Trinajstić information content (AvgIpc) is 2.35. The second-order valence-corrected chi connectivity index (χ2v) is 5.34. The third-order valence-electron chi connectivity index (χ3n) is 2.34. The number of aliphatic hydroxyl groups excluding tert-OH is 1. The maximum absolute atomic E-state index is 11.5. The number of carbonyl (C=O) groups excluding carboxylic acids is 1. The van der Waals surface area contributed by atoms with Crippen LogP contribution in [0.4, 0.5) is 5.69 Å². The first-order valence-electron chi connectivity index (χ1n) is 5.50. The van der Waals surface area contributed by atoms with Crippen LogP contribution in [0.15, 0.2) is 23.1 Å². The molecule has 0 saturated heterocycles. The van der Waals surface area contributed by atoms with E-state index in [4.69, 9.17) is 15.0 Å².